The average molecular weight is 247 g/mol. The molecule has 0 atom stereocenters. The first-order valence-corrected chi connectivity index (χ1v) is 6.31. The van der Waals surface area contributed by atoms with Crippen molar-refractivity contribution in [2.24, 2.45) is 0 Å². The van der Waals surface area contributed by atoms with E-state index in [1.54, 1.807) is 0 Å². The summed E-state index contributed by atoms with van der Waals surface area (Å²) < 4.78 is 2.10. The summed E-state index contributed by atoms with van der Waals surface area (Å²) in [6, 6.07) is 22.5. The van der Waals surface area contributed by atoms with Crippen LogP contribution in [0.3, 0.4) is 0 Å². The quantitative estimate of drug-likeness (QED) is 0.685. The number of benzene rings is 2. The Morgan fingerprint density at radius 2 is 1.42 bits per heavy atom. The minimum absolute atomic E-state index is 1.09. The lowest BCUT2D eigenvalue weighted by Crippen LogP contribution is -2.62. The Kier molecular flexibility index (Phi) is 3.24. The van der Waals surface area contributed by atoms with Crippen LogP contribution in [0.5, 0.6) is 0 Å². The van der Waals surface area contributed by atoms with Crippen LogP contribution in [0.25, 0.3) is 5.69 Å². The molecule has 0 aliphatic heterocycles. The van der Waals surface area contributed by atoms with E-state index in [4.69, 9.17) is 0 Å². The summed E-state index contributed by atoms with van der Waals surface area (Å²) in [5.41, 5.74) is 3.38. The maximum Gasteiger partial charge on any atom is 0.227 e. The second kappa shape index (κ2) is 5.36. The van der Waals surface area contributed by atoms with Crippen LogP contribution in [0.4, 0.5) is 5.69 Å². The number of hydrogen-bond acceptors (Lipinski definition) is 0. The van der Waals surface area contributed by atoms with Crippen molar-refractivity contribution in [3.63, 3.8) is 0 Å². The first kappa shape index (κ1) is 11.5. The third-order valence-corrected chi connectivity index (χ3v) is 2.98. The molecular weight excluding hydrogens is 232 g/mol. The molecule has 0 spiro atoms. The zero-order chi connectivity index (χ0) is 12.9. The molecule has 3 aromatic rings. The van der Waals surface area contributed by atoms with E-state index in [9.17, 15) is 0 Å². The minimum Gasteiger partial charge on any atom is -0.318 e. The Bertz CT molecular complexity index is 668. The second-order valence-corrected chi connectivity index (χ2v) is 4.31. The smallest absolute Gasteiger partial charge is 0.227 e. The van der Waals surface area contributed by atoms with E-state index in [2.05, 4.69) is 33.8 Å². The number of para-hydroxylation sites is 2. The largest absolute Gasteiger partial charge is 0.318 e. The standard InChI is InChI=1S/C17H14N2/c1-2-8-15(9-3-1)14-18-16-10-4-5-11-17(16)19-12-6-7-13-19/h1-14H/p+1/b18-14+. The molecule has 0 saturated carbocycles. The highest BCUT2D eigenvalue weighted by Crippen LogP contribution is 2.14. The minimum atomic E-state index is 1.09. The normalized spacial score (nSPS) is 10.9. The summed E-state index contributed by atoms with van der Waals surface area (Å²) in [4.78, 5) is 3.37. The number of rotatable bonds is 3. The lowest BCUT2D eigenvalue weighted by atomic mass is 10.2. The van der Waals surface area contributed by atoms with Crippen LogP contribution in [-0.2, 0) is 0 Å². The zero-order valence-corrected chi connectivity index (χ0v) is 10.5. The van der Waals surface area contributed by atoms with Crippen LogP contribution >= 0.6 is 0 Å². The molecule has 0 fully saturated rings. The van der Waals surface area contributed by atoms with Gasteiger partial charge in [0.25, 0.3) is 0 Å². The van der Waals surface area contributed by atoms with Crippen LogP contribution in [0.1, 0.15) is 5.56 Å². The van der Waals surface area contributed by atoms with Crippen molar-refractivity contribution in [3.8, 4) is 5.69 Å². The molecule has 0 aliphatic rings. The zero-order valence-electron chi connectivity index (χ0n) is 10.5. The van der Waals surface area contributed by atoms with Gasteiger partial charge in [-0.2, -0.15) is 0 Å². The molecule has 0 radical (unpaired) electrons. The van der Waals surface area contributed by atoms with Gasteiger partial charge in [0.2, 0.25) is 5.69 Å². The highest BCUT2D eigenvalue weighted by atomic mass is 15.0. The number of nitrogens with zero attached hydrogens (tertiary/aromatic N) is 1. The van der Waals surface area contributed by atoms with Crippen molar-refractivity contribution in [1.82, 2.24) is 4.57 Å². The van der Waals surface area contributed by atoms with Crippen molar-refractivity contribution < 1.29 is 4.99 Å². The molecular formula is C17H15N2+. The second-order valence-electron chi connectivity index (χ2n) is 4.31. The highest BCUT2D eigenvalue weighted by molar-refractivity contribution is 5.75. The van der Waals surface area contributed by atoms with Crippen LogP contribution in [0, 0.1) is 0 Å². The van der Waals surface area contributed by atoms with Crippen molar-refractivity contribution >= 4 is 11.9 Å². The third kappa shape index (κ3) is 2.63. The Morgan fingerprint density at radius 3 is 2.21 bits per heavy atom. The number of nitrogens with one attached hydrogen (secondary N) is 1. The molecule has 92 valence electrons. The molecule has 2 nitrogen and oxygen atoms in total. The van der Waals surface area contributed by atoms with Gasteiger partial charge in [0.15, 0.2) is 6.21 Å². The molecule has 0 bridgehead atoms. The molecule has 1 heterocycles. The van der Waals surface area contributed by atoms with Gasteiger partial charge < -0.3 is 4.57 Å². The predicted molar refractivity (Wildman–Crippen MR) is 78.0 cm³/mol. The maximum absolute atomic E-state index is 3.37. The Hall–Kier alpha value is -2.61. The predicted octanol–water partition coefficient (Wildman–Crippen LogP) is 2.31. The fourth-order valence-electron chi connectivity index (χ4n) is 2.03. The lowest BCUT2D eigenvalue weighted by Gasteiger charge is -2.02. The van der Waals surface area contributed by atoms with E-state index in [1.165, 1.54) is 0 Å². The molecule has 0 saturated heterocycles. The van der Waals surface area contributed by atoms with Gasteiger partial charge in [-0.3, -0.25) is 0 Å². The summed E-state index contributed by atoms with van der Waals surface area (Å²) in [5, 5.41) is 0. The molecule has 2 heteroatoms. The van der Waals surface area contributed by atoms with Gasteiger partial charge in [-0.15, -0.1) is 0 Å². The van der Waals surface area contributed by atoms with E-state index in [-0.39, 0.29) is 0 Å². The molecule has 2 aromatic carbocycles. The van der Waals surface area contributed by atoms with Crippen LogP contribution < -0.4 is 4.99 Å². The summed E-state index contributed by atoms with van der Waals surface area (Å²) in [6.45, 7) is 0. The summed E-state index contributed by atoms with van der Waals surface area (Å²) in [7, 11) is 0. The van der Waals surface area contributed by atoms with Gasteiger partial charge in [0.1, 0.15) is 5.69 Å². The molecule has 0 aliphatic carbocycles. The van der Waals surface area contributed by atoms with Gasteiger partial charge in [-0.05, 0) is 30.3 Å². The number of hydrogen-bond donors (Lipinski definition) is 1. The lowest BCUT2D eigenvalue weighted by molar-refractivity contribution is -0.346. The van der Waals surface area contributed by atoms with Crippen LogP contribution in [0.15, 0.2) is 79.1 Å². The Morgan fingerprint density at radius 1 is 0.737 bits per heavy atom. The van der Waals surface area contributed by atoms with Crippen molar-refractivity contribution in [3.05, 3.63) is 84.7 Å². The first-order valence-electron chi connectivity index (χ1n) is 6.31. The molecule has 3 rings (SSSR count). The van der Waals surface area contributed by atoms with Gasteiger partial charge in [0, 0.05) is 24.0 Å². The van der Waals surface area contributed by atoms with E-state index < -0.39 is 0 Å². The van der Waals surface area contributed by atoms with Crippen molar-refractivity contribution in [2.75, 3.05) is 0 Å². The summed E-state index contributed by atoms with van der Waals surface area (Å²) >= 11 is 0. The van der Waals surface area contributed by atoms with Gasteiger partial charge in [-0.1, -0.05) is 30.3 Å². The topological polar surface area (TPSA) is 18.9 Å². The van der Waals surface area contributed by atoms with Gasteiger partial charge >= 0.3 is 0 Å². The monoisotopic (exact) mass is 247 g/mol. The van der Waals surface area contributed by atoms with E-state index in [1.807, 2.05) is 61.1 Å². The van der Waals surface area contributed by atoms with E-state index >= 15 is 0 Å². The highest BCUT2D eigenvalue weighted by Gasteiger charge is 2.05. The Labute approximate surface area is 112 Å². The van der Waals surface area contributed by atoms with E-state index in [0.717, 1.165) is 16.9 Å². The third-order valence-electron chi connectivity index (χ3n) is 2.98. The van der Waals surface area contributed by atoms with Crippen molar-refractivity contribution in [1.29, 1.82) is 0 Å². The molecule has 1 aromatic heterocycles. The number of aromatic nitrogens is 1. The van der Waals surface area contributed by atoms with Crippen LogP contribution in [0.2, 0.25) is 0 Å². The van der Waals surface area contributed by atoms with Crippen molar-refractivity contribution in [2.45, 2.75) is 0 Å². The molecule has 19 heavy (non-hydrogen) atoms. The summed E-state index contributed by atoms with van der Waals surface area (Å²) in [6.07, 6.45) is 6.11. The molecule has 0 unspecified atom stereocenters. The average Bonchev–Trinajstić information content (AvgIpc) is 3.01. The van der Waals surface area contributed by atoms with E-state index in [0.29, 0.717) is 0 Å². The SMILES string of the molecule is C(=[NH+]\c1ccccc1-n1cccc1)/c1ccccc1. The Balaban J connectivity index is 1.96. The maximum atomic E-state index is 3.37. The first-order chi connectivity index (χ1) is 9.43. The summed E-state index contributed by atoms with van der Waals surface area (Å²) in [5.74, 6) is 0. The molecule has 0 amide bonds. The van der Waals surface area contributed by atoms with Gasteiger partial charge in [0.05, 0.1) is 0 Å². The van der Waals surface area contributed by atoms with Crippen LogP contribution in [-0.4, -0.2) is 10.8 Å². The van der Waals surface area contributed by atoms with Gasteiger partial charge in [-0.25, -0.2) is 4.99 Å². The molecule has 1 N–H and O–H groups in total. The fourth-order valence-corrected chi connectivity index (χ4v) is 2.03. The fraction of sp³-hybridized carbons (Fsp3) is 0.